The lowest BCUT2D eigenvalue weighted by Crippen LogP contribution is -2.56. The van der Waals surface area contributed by atoms with Gasteiger partial charge in [-0.3, -0.25) is 4.79 Å². The number of nitrogens with one attached hydrogen (secondary N) is 1. The van der Waals surface area contributed by atoms with E-state index in [0.717, 1.165) is 44.0 Å². The molecule has 1 aromatic rings. The Morgan fingerprint density at radius 3 is 2.44 bits per heavy atom. The van der Waals surface area contributed by atoms with Gasteiger partial charge in [-0.15, -0.1) is 0 Å². The normalized spacial score (nSPS) is 20.2. The summed E-state index contributed by atoms with van der Waals surface area (Å²) < 4.78 is 10.5. The molecule has 1 aliphatic carbocycles. The Hall–Kier alpha value is -1.59. The number of rotatable bonds is 8. The van der Waals surface area contributed by atoms with Gasteiger partial charge in [0.2, 0.25) is 0 Å². The number of carbonyl (C=O) groups excluding carboxylic acids is 1. The van der Waals surface area contributed by atoms with Crippen LogP contribution in [0.25, 0.3) is 0 Å². The van der Waals surface area contributed by atoms with Crippen LogP contribution in [0.15, 0.2) is 24.3 Å². The number of piperidine rings is 1. The van der Waals surface area contributed by atoms with Crippen molar-refractivity contribution in [3.05, 3.63) is 29.8 Å². The van der Waals surface area contributed by atoms with Crippen LogP contribution in [0.1, 0.15) is 42.5 Å². The minimum absolute atomic E-state index is 0.00519. The Kier molecular flexibility index (Phi) is 5.97. The molecule has 3 rings (SSSR count). The zero-order chi connectivity index (χ0) is 17.7. The van der Waals surface area contributed by atoms with Gasteiger partial charge in [0.1, 0.15) is 5.75 Å². The van der Waals surface area contributed by atoms with Gasteiger partial charge < -0.3 is 19.7 Å². The van der Waals surface area contributed by atoms with Crippen molar-refractivity contribution < 1.29 is 14.3 Å². The number of likely N-dealkylation sites (tertiary alicyclic amines) is 1. The van der Waals surface area contributed by atoms with Crippen molar-refractivity contribution in [1.29, 1.82) is 0 Å². The largest absolute Gasteiger partial charge is 0.497 e. The van der Waals surface area contributed by atoms with Gasteiger partial charge in [-0.25, -0.2) is 0 Å². The summed E-state index contributed by atoms with van der Waals surface area (Å²) in [6.07, 6.45) is 5.62. The summed E-state index contributed by atoms with van der Waals surface area (Å²) in [5, 5.41) is 3.32. The summed E-state index contributed by atoms with van der Waals surface area (Å²) in [4.78, 5) is 15.3. The number of benzene rings is 1. The summed E-state index contributed by atoms with van der Waals surface area (Å²) in [6.45, 7) is 4.02. The van der Waals surface area contributed by atoms with E-state index in [4.69, 9.17) is 9.47 Å². The number of carbonyl (C=O) groups is 1. The van der Waals surface area contributed by atoms with E-state index in [1.807, 2.05) is 24.3 Å². The highest BCUT2D eigenvalue weighted by Gasteiger charge is 2.37. The van der Waals surface area contributed by atoms with Gasteiger partial charge in [0, 0.05) is 44.5 Å². The van der Waals surface area contributed by atoms with Crippen LogP contribution in [0.3, 0.4) is 0 Å². The summed E-state index contributed by atoms with van der Waals surface area (Å²) >= 11 is 0. The van der Waals surface area contributed by atoms with Crippen molar-refractivity contribution in [2.75, 3.05) is 40.5 Å². The molecular weight excluding hydrogens is 316 g/mol. The molecule has 0 radical (unpaired) electrons. The monoisotopic (exact) mass is 346 g/mol. The Balaban J connectivity index is 1.62. The molecule has 1 saturated carbocycles. The molecule has 1 saturated heterocycles. The van der Waals surface area contributed by atoms with Crippen molar-refractivity contribution in [1.82, 2.24) is 10.2 Å². The van der Waals surface area contributed by atoms with E-state index in [9.17, 15) is 4.79 Å². The Labute approximate surface area is 150 Å². The van der Waals surface area contributed by atoms with E-state index in [1.54, 1.807) is 14.2 Å². The zero-order valence-corrected chi connectivity index (χ0v) is 15.4. The Morgan fingerprint density at radius 1 is 1.20 bits per heavy atom. The minimum Gasteiger partial charge on any atom is -0.497 e. The molecule has 25 heavy (non-hydrogen) atoms. The van der Waals surface area contributed by atoms with Crippen LogP contribution in [-0.2, 0) is 4.74 Å². The fourth-order valence-corrected chi connectivity index (χ4v) is 3.62. The third-order valence-electron chi connectivity index (χ3n) is 5.54. The molecule has 5 nitrogen and oxygen atoms in total. The van der Waals surface area contributed by atoms with Gasteiger partial charge in [-0.2, -0.15) is 0 Å². The van der Waals surface area contributed by atoms with Crippen LogP contribution in [0.2, 0.25) is 0 Å². The molecule has 0 unspecified atom stereocenters. The number of nitrogens with zero attached hydrogens (tertiary/aromatic N) is 1. The average Bonchev–Trinajstić information content (AvgIpc) is 3.46. The highest BCUT2D eigenvalue weighted by atomic mass is 16.5. The van der Waals surface area contributed by atoms with Crippen LogP contribution in [0.4, 0.5) is 0 Å². The molecular formula is C20H30N2O3. The van der Waals surface area contributed by atoms with Gasteiger partial charge in [0.15, 0.2) is 0 Å². The molecule has 1 amide bonds. The number of hydrogen-bond donors (Lipinski definition) is 1. The Morgan fingerprint density at radius 2 is 1.88 bits per heavy atom. The van der Waals surface area contributed by atoms with Crippen molar-refractivity contribution in [3.63, 3.8) is 0 Å². The van der Waals surface area contributed by atoms with Crippen LogP contribution >= 0.6 is 0 Å². The molecule has 2 fully saturated rings. The van der Waals surface area contributed by atoms with Gasteiger partial charge >= 0.3 is 0 Å². The first-order valence-corrected chi connectivity index (χ1v) is 9.32. The van der Waals surface area contributed by atoms with Crippen molar-refractivity contribution in [2.45, 2.75) is 37.6 Å². The quantitative estimate of drug-likeness (QED) is 0.786. The second-order valence-corrected chi connectivity index (χ2v) is 7.45. The second-order valence-electron chi connectivity index (χ2n) is 7.45. The molecule has 1 N–H and O–H groups in total. The third-order valence-corrected chi connectivity index (χ3v) is 5.54. The van der Waals surface area contributed by atoms with Gasteiger partial charge in [0.25, 0.3) is 5.91 Å². The fourth-order valence-electron chi connectivity index (χ4n) is 3.62. The lowest BCUT2D eigenvalue weighted by Gasteiger charge is -2.42. The molecule has 0 bridgehead atoms. The lowest BCUT2D eigenvalue weighted by atomic mass is 9.84. The lowest BCUT2D eigenvalue weighted by molar-refractivity contribution is 0.0696. The topological polar surface area (TPSA) is 50.8 Å². The van der Waals surface area contributed by atoms with Crippen molar-refractivity contribution >= 4 is 5.91 Å². The molecule has 1 aliphatic heterocycles. The van der Waals surface area contributed by atoms with E-state index >= 15 is 0 Å². The highest BCUT2D eigenvalue weighted by Crippen LogP contribution is 2.33. The predicted octanol–water partition coefficient (Wildman–Crippen LogP) is 2.71. The smallest absolute Gasteiger partial charge is 0.251 e. The summed E-state index contributed by atoms with van der Waals surface area (Å²) in [6, 6.07) is 7.30. The molecule has 0 aromatic heterocycles. The standard InChI is InChI=1S/C20H30N2O3/c1-24-14-11-20(9-12-22(13-10-20)15-16-3-4-16)21-19(23)17-5-7-18(25-2)8-6-17/h5-8,16H,3-4,9-15H2,1-2H3,(H,21,23). The molecule has 0 atom stereocenters. The molecule has 2 aliphatic rings. The van der Waals surface area contributed by atoms with Crippen LogP contribution in [0, 0.1) is 5.92 Å². The maximum absolute atomic E-state index is 12.7. The molecule has 1 heterocycles. The van der Waals surface area contributed by atoms with Crippen LogP contribution < -0.4 is 10.1 Å². The highest BCUT2D eigenvalue weighted by molar-refractivity contribution is 5.94. The van der Waals surface area contributed by atoms with Crippen LogP contribution in [0.5, 0.6) is 5.75 Å². The van der Waals surface area contributed by atoms with Crippen molar-refractivity contribution in [2.24, 2.45) is 5.92 Å². The zero-order valence-electron chi connectivity index (χ0n) is 15.4. The first-order valence-electron chi connectivity index (χ1n) is 9.32. The van der Waals surface area contributed by atoms with Gasteiger partial charge in [-0.1, -0.05) is 0 Å². The predicted molar refractivity (Wildman–Crippen MR) is 98.1 cm³/mol. The molecule has 1 aromatic carbocycles. The van der Waals surface area contributed by atoms with Gasteiger partial charge in [0.05, 0.1) is 7.11 Å². The first kappa shape index (κ1) is 18.2. The summed E-state index contributed by atoms with van der Waals surface area (Å²) in [5.41, 5.74) is 0.519. The number of amides is 1. The van der Waals surface area contributed by atoms with Crippen molar-refractivity contribution in [3.8, 4) is 5.75 Å². The average molecular weight is 346 g/mol. The van der Waals surface area contributed by atoms with Crippen LogP contribution in [-0.4, -0.2) is 56.8 Å². The second kappa shape index (κ2) is 8.19. The summed E-state index contributed by atoms with van der Waals surface area (Å²) in [7, 11) is 3.35. The van der Waals surface area contributed by atoms with Gasteiger partial charge in [-0.05, 0) is 62.3 Å². The molecule has 0 spiro atoms. The van der Waals surface area contributed by atoms with E-state index in [2.05, 4.69) is 10.2 Å². The third kappa shape index (κ3) is 4.95. The first-order chi connectivity index (χ1) is 12.1. The fraction of sp³-hybridized carbons (Fsp3) is 0.650. The maximum atomic E-state index is 12.7. The minimum atomic E-state index is -0.160. The Bertz CT molecular complexity index is 561. The summed E-state index contributed by atoms with van der Waals surface area (Å²) in [5.74, 6) is 1.67. The number of ether oxygens (including phenoxy) is 2. The number of methoxy groups -OCH3 is 2. The maximum Gasteiger partial charge on any atom is 0.251 e. The van der Waals surface area contributed by atoms with E-state index < -0.39 is 0 Å². The number of hydrogen-bond acceptors (Lipinski definition) is 4. The van der Waals surface area contributed by atoms with E-state index in [-0.39, 0.29) is 11.4 Å². The SMILES string of the molecule is COCCC1(NC(=O)c2ccc(OC)cc2)CCN(CC2CC2)CC1. The van der Waals surface area contributed by atoms with E-state index in [0.29, 0.717) is 12.2 Å². The molecule has 5 heteroatoms. The molecule has 138 valence electrons. The van der Waals surface area contributed by atoms with E-state index in [1.165, 1.54) is 19.4 Å².